The number of benzene rings is 1. The van der Waals surface area contributed by atoms with E-state index in [9.17, 15) is 0 Å². The Morgan fingerprint density at radius 1 is 1.22 bits per heavy atom. The lowest BCUT2D eigenvalue weighted by atomic mass is 10.1. The van der Waals surface area contributed by atoms with Gasteiger partial charge in [-0.15, -0.1) is 0 Å². The second-order valence-corrected chi connectivity index (χ2v) is 5.71. The predicted molar refractivity (Wildman–Crippen MR) is 92.5 cm³/mol. The average molecular weight is 311 g/mol. The summed E-state index contributed by atoms with van der Waals surface area (Å²) in [5, 5.41) is 12.3. The molecule has 0 saturated carbocycles. The van der Waals surface area contributed by atoms with Gasteiger partial charge in [-0.1, -0.05) is 30.8 Å². The summed E-state index contributed by atoms with van der Waals surface area (Å²) in [6.45, 7) is 5.50. The first-order chi connectivity index (χ1) is 11.1. The minimum absolute atomic E-state index is 0.0623. The van der Waals surface area contributed by atoms with Crippen LogP contribution in [0.1, 0.15) is 11.1 Å². The molecule has 120 valence electrons. The fourth-order valence-corrected chi connectivity index (χ4v) is 2.54. The van der Waals surface area contributed by atoms with Crippen LogP contribution < -0.4 is 15.1 Å². The molecule has 3 rings (SSSR count). The molecule has 0 spiro atoms. The second kappa shape index (κ2) is 6.26. The number of fused-ring (bicyclic) bond motifs is 1. The molecule has 23 heavy (non-hydrogen) atoms. The van der Waals surface area contributed by atoms with Gasteiger partial charge in [0, 0.05) is 26.3 Å². The van der Waals surface area contributed by atoms with Gasteiger partial charge in [0.25, 0.3) is 0 Å². The fraction of sp³-hybridized carbons (Fsp3) is 0.294. The Morgan fingerprint density at radius 2 is 1.91 bits per heavy atom. The minimum Gasteiger partial charge on any atom is -0.392 e. The number of nitrogens with zero attached hydrogens (tertiary/aromatic N) is 4. The summed E-state index contributed by atoms with van der Waals surface area (Å²) in [6, 6.07) is 7.81. The summed E-state index contributed by atoms with van der Waals surface area (Å²) < 4.78 is 0. The number of likely N-dealkylation sites (N-methyl/N-ethyl adjacent to an activating group) is 2. The lowest BCUT2D eigenvalue weighted by Gasteiger charge is -2.34. The van der Waals surface area contributed by atoms with Crippen LogP contribution in [0.25, 0.3) is 0 Å². The average Bonchev–Trinajstić information content (AvgIpc) is 2.58. The highest BCUT2D eigenvalue weighted by Crippen LogP contribution is 2.32. The molecule has 6 nitrogen and oxygen atoms in total. The minimum atomic E-state index is 0.0623. The Bertz CT molecular complexity index is 713. The quantitative estimate of drug-likeness (QED) is 0.900. The van der Waals surface area contributed by atoms with Crippen molar-refractivity contribution in [3.63, 3.8) is 0 Å². The van der Waals surface area contributed by atoms with Crippen LogP contribution >= 0.6 is 0 Å². The van der Waals surface area contributed by atoms with Crippen LogP contribution in [0.5, 0.6) is 0 Å². The van der Waals surface area contributed by atoms with Crippen molar-refractivity contribution >= 4 is 17.5 Å². The number of aliphatic hydroxyl groups is 1. The van der Waals surface area contributed by atoms with Gasteiger partial charge in [-0.2, -0.15) is 4.98 Å². The molecule has 2 heterocycles. The number of aromatic nitrogens is 2. The normalized spacial score (nSPS) is 14.0. The van der Waals surface area contributed by atoms with Crippen molar-refractivity contribution in [3.05, 3.63) is 53.9 Å². The summed E-state index contributed by atoms with van der Waals surface area (Å²) in [5.41, 5.74) is 4.00. The van der Waals surface area contributed by atoms with E-state index < -0.39 is 0 Å². The molecule has 0 bridgehead atoms. The van der Waals surface area contributed by atoms with Crippen LogP contribution in [-0.2, 0) is 13.2 Å². The third-order valence-corrected chi connectivity index (χ3v) is 4.02. The zero-order valence-electron chi connectivity index (χ0n) is 13.5. The van der Waals surface area contributed by atoms with E-state index in [4.69, 9.17) is 5.11 Å². The van der Waals surface area contributed by atoms with Gasteiger partial charge in [-0.3, -0.25) is 0 Å². The first-order valence-corrected chi connectivity index (χ1v) is 7.50. The molecule has 0 aliphatic carbocycles. The molecule has 0 atom stereocenters. The first kappa shape index (κ1) is 15.3. The van der Waals surface area contributed by atoms with Gasteiger partial charge in [0.15, 0.2) is 5.82 Å². The summed E-state index contributed by atoms with van der Waals surface area (Å²) >= 11 is 0. The maximum absolute atomic E-state index is 9.06. The topological polar surface area (TPSA) is 64.5 Å². The number of aliphatic hydroxyl groups excluding tert-OH is 1. The molecule has 1 aromatic heterocycles. The molecule has 0 radical (unpaired) electrons. The maximum atomic E-state index is 9.06. The van der Waals surface area contributed by atoms with Gasteiger partial charge in [0.1, 0.15) is 5.69 Å². The van der Waals surface area contributed by atoms with Crippen molar-refractivity contribution in [2.75, 3.05) is 35.8 Å². The van der Waals surface area contributed by atoms with Crippen LogP contribution in [0, 0.1) is 0 Å². The Labute approximate surface area is 136 Å². The van der Waals surface area contributed by atoms with E-state index in [2.05, 4.69) is 26.8 Å². The molecule has 1 aliphatic rings. The Kier molecular flexibility index (Phi) is 4.16. The molecule has 2 N–H and O–H groups in total. The van der Waals surface area contributed by atoms with E-state index in [1.165, 1.54) is 0 Å². The van der Waals surface area contributed by atoms with Crippen molar-refractivity contribution in [1.82, 2.24) is 9.97 Å². The lowest BCUT2D eigenvalue weighted by Crippen LogP contribution is -2.35. The second-order valence-electron chi connectivity index (χ2n) is 5.71. The summed E-state index contributed by atoms with van der Waals surface area (Å²) in [4.78, 5) is 13.1. The number of hydrogen-bond acceptors (Lipinski definition) is 6. The Balaban J connectivity index is 1.74. The smallest absolute Gasteiger partial charge is 0.225 e. The van der Waals surface area contributed by atoms with Gasteiger partial charge in [-0.05, 0) is 11.1 Å². The largest absolute Gasteiger partial charge is 0.392 e. The first-order valence-electron chi connectivity index (χ1n) is 7.50. The molecule has 2 aromatic rings. The molecule has 0 unspecified atom stereocenters. The highest BCUT2D eigenvalue weighted by molar-refractivity contribution is 5.72. The van der Waals surface area contributed by atoms with Gasteiger partial charge >= 0.3 is 0 Å². The number of nitrogens with one attached hydrogen (secondary N) is 1. The highest BCUT2D eigenvalue weighted by atomic mass is 16.3. The maximum Gasteiger partial charge on any atom is 0.225 e. The molecular weight excluding hydrogens is 290 g/mol. The van der Waals surface area contributed by atoms with E-state index in [1.807, 2.05) is 49.5 Å². The summed E-state index contributed by atoms with van der Waals surface area (Å²) in [7, 11) is 3.98. The van der Waals surface area contributed by atoms with Crippen LogP contribution in [0.4, 0.5) is 17.5 Å². The number of rotatable bonds is 4. The molecule has 0 fully saturated rings. The highest BCUT2D eigenvalue weighted by Gasteiger charge is 2.22. The van der Waals surface area contributed by atoms with Crippen LogP contribution in [-0.4, -0.2) is 35.7 Å². The zero-order valence-corrected chi connectivity index (χ0v) is 13.5. The predicted octanol–water partition coefficient (Wildman–Crippen LogP) is 1.98. The molecule has 1 aliphatic heterocycles. The van der Waals surface area contributed by atoms with E-state index in [1.54, 1.807) is 0 Å². The fourth-order valence-electron chi connectivity index (χ4n) is 2.54. The lowest BCUT2D eigenvalue weighted by molar-refractivity contribution is 0.282. The van der Waals surface area contributed by atoms with Gasteiger partial charge in [0.2, 0.25) is 5.95 Å². The third-order valence-electron chi connectivity index (χ3n) is 4.02. The van der Waals surface area contributed by atoms with Crippen LogP contribution in [0.2, 0.25) is 0 Å². The van der Waals surface area contributed by atoms with Crippen LogP contribution in [0.3, 0.4) is 0 Å². The van der Waals surface area contributed by atoms with E-state index >= 15 is 0 Å². The van der Waals surface area contributed by atoms with E-state index in [-0.39, 0.29) is 6.61 Å². The van der Waals surface area contributed by atoms with Crippen molar-refractivity contribution in [1.29, 1.82) is 0 Å². The molecule has 6 heteroatoms. The third kappa shape index (κ3) is 3.12. The van der Waals surface area contributed by atoms with Gasteiger partial charge in [-0.25, -0.2) is 4.98 Å². The zero-order chi connectivity index (χ0) is 16.4. The molecule has 0 amide bonds. The van der Waals surface area contributed by atoms with Gasteiger partial charge < -0.3 is 20.2 Å². The SMILES string of the molecule is C=C1CN(C)c2nc(NCc3ccc(CO)cc3)ncc2N1C. The van der Waals surface area contributed by atoms with Crippen LogP contribution in [0.15, 0.2) is 42.7 Å². The van der Waals surface area contributed by atoms with E-state index in [0.29, 0.717) is 12.5 Å². The standard InChI is InChI=1S/C17H21N5O/c1-12-10-21(2)16-15(22(12)3)9-19-17(20-16)18-8-13-4-6-14(11-23)7-5-13/h4-7,9,23H,1,8,10-11H2,2-3H3,(H,18,19,20). The van der Waals surface area contributed by atoms with Crippen molar-refractivity contribution in [2.45, 2.75) is 13.2 Å². The Morgan fingerprint density at radius 3 is 2.61 bits per heavy atom. The van der Waals surface area contributed by atoms with Crippen molar-refractivity contribution in [3.8, 4) is 0 Å². The molecular formula is C17H21N5O. The molecule has 0 saturated heterocycles. The molecule has 1 aromatic carbocycles. The van der Waals surface area contributed by atoms with E-state index in [0.717, 1.165) is 34.9 Å². The monoisotopic (exact) mass is 311 g/mol. The summed E-state index contributed by atoms with van der Waals surface area (Å²) in [6.07, 6.45) is 1.82. The summed E-state index contributed by atoms with van der Waals surface area (Å²) in [5.74, 6) is 1.50. The number of hydrogen-bond donors (Lipinski definition) is 2. The van der Waals surface area contributed by atoms with Crippen molar-refractivity contribution in [2.24, 2.45) is 0 Å². The number of anilines is 3. The Hall–Kier alpha value is -2.60. The van der Waals surface area contributed by atoms with Crippen molar-refractivity contribution < 1.29 is 5.11 Å². The van der Waals surface area contributed by atoms with Gasteiger partial charge in [0.05, 0.1) is 19.3 Å².